The standard InChI is InChI=1S/C11H18ClN3O2/c1-3-4-5-15-11(17)10(12)9(6-13-15)14-8(2)7-16/h6,8,14,16H,3-5,7H2,1-2H3. The van der Waals surface area contributed by atoms with Gasteiger partial charge in [0.1, 0.15) is 5.02 Å². The lowest BCUT2D eigenvalue weighted by Crippen LogP contribution is -2.27. The molecule has 1 heterocycles. The summed E-state index contributed by atoms with van der Waals surface area (Å²) in [6, 6.07) is -0.166. The van der Waals surface area contributed by atoms with E-state index in [1.807, 2.05) is 6.92 Å². The molecule has 0 saturated heterocycles. The van der Waals surface area contributed by atoms with Crippen LogP contribution in [-0.2, 0) is 6.54 Å². The number of rotatable bonds is 6. The van der Waals surface area contributed by atoms with Crippen LogP contribution in [0.5, 0.6) is 0 Å². The molecule has 1 rings (SSSR count). The number of unbranched alkanes of at least 4 members (excludes halogenated alkanes) is 1. The van der Waals surface area contributed by atoms with E-state index in [9.17, 15) is 4.79 Å². The van der Waals surface area contributed by atoms with Gasteiger partial charge in [-0.1, -0.05) is 24.9 Å². The third-order valence-corrected chi connectivity index (χ3v) is 2.75. The summed E-state index contributed by atoms with van der Waals surface area (Å²) in [5, 5.41) is 16.0. The van der Waals surface area contributed by atoms with Crippen molar-refractivity contribution in [3.05, 3.63) is 21.6 Å². The van der Waals surface area contributed by atoms with Gasteiger partial charge in [-0.25, -0.2) is 4.68 Å². The first-order valence-electron chi connectivity index (χ1n) is 5.73. The lowest BCUT2D eigenvalue weighted by molar-refractivity contribution is 0.281. The summed E-state index contributed by atoms with van der Waals surface area (Å²) in [5.74, 6) is 0. The molecule has 0 fully saturated rings. The van der Waals surface area contributed by atoms with Crippen LogP contribution in [0.3, 0.4) is 0 Å². The van der Waals surface area contributed by atoms with E-state index < -0.39 is 0 Å². The van der Waals surface area contributed by atoms with Crippen LogP contribution in [0.15, 0.2) is 11.0 Å². The Balaban J connectivity index is 2.90. The summed E-state index contributed by atoms with van der Waals surface area (Å²) in [4.78, 5) is 11.8. The molecule has 0 saturated carbocycles. The molecule has 2 N–H and O–H groups in total. The van der Waals surface area contributed by atoms with Crippen LogP contribution in [0.2, 0.25) is 5.02 Å². The second kappa shape index (κ2) is 6.61. The molecular formula is C11H18ClN3O2. The number of hydrogen-bond donors (Lipinski definition) is 2. The molecule has 5 nitrogen and oxygen atoms in total. The smallest absolute Gasteiger partial charge is 0.287 e. The van der Waals surface area contributed by atoms with Gasteiger partial charge in [-0.05, 0) is 13.3 Å². The number of hydrogen-bond acceptors (Lipinski definition) is 4. The Kier molecular flexibility index (Phi) is 5.44. The minimum Gasteiger partial charge on any atom is -0.394 e. The van der Waals surface area contributed by atoms with Crippen molar-refractivity contribution in [2.75, 3.05) is 11.9 Å². The molecule has 6 heteroatoms. The third kappa shape index (κ3) is 3.71. The van der Waals surface area contributed by atoms with Crippen molar-refractivity contribution in [2.45, 2.75) is 39.3 Å². The lowest BCUT2D eigenvalue weighted by Gasteiger charge is -2.14. The molecule has 0 aromatic carbocycles. The highest BCUT2D eigenvalue weighted by molar-refractivity contribution is 6.32. The second-order valence-corrected chi connectivity index (χ2v) is 4.36. The average molecular weight is 260 g/mol. The topological polar surface area (TPSA) is 67.2 Å². The number of nitrogens with zero attached hydrogens (tertiary/aromatic N) is 2. The number of aliphatic hydroxyl groups excluding tert-OH is 1. The van der Waals surface area contributed by atoms with Gasteiger partial charge in [-0.2, -0.15) is 5.10 Å². The molecule has 1 aromatic heterocycles. The Morgan fingerprint density at radius 3 is 2.94 bits per heavy atom. The highest BCUT2D eigenvalue weighted by Crippen LogP contribution is 2.16. The number of anilines is 1. The van der Waals surface area contributed by atoms with Crippen LogP contribution in [0.1, 0.15) is 26.7 Å². The lowest BCUT2D eigenvalue weighted by atomic mass is 10.3. The van der Waals surface area contributed by atoms with Gasteiger partial charge in [-0.3, -0.25) is 4.79 Å². The fourth-order valence-electron chi connectivity index (χ4n) is 1.34. The quantitative estimate of drug-likeness (QED) is 0.812. The number of aromatic nitrogens is 2. The molecule has 1 unspecified atom stereocenters. The van der Waals surface area contributed by atoms with E-state index in [0.717, 1.165) is 12.8 Å². The van der Waals surface area contributed by atoms with E-state index in [1.54, 1.807) is 6.92 Å². The van der Waals surface area contributed by atoms with Crippen molar-refractivity contribution in [1.29, 1.82) is 0 Å². The number of aryl methyl sites for hydroxylation is 1. The van der Waals surface area contributed by atoms with E-state index in [-0.39, 0.29) is 23.2 Å². The number of aliphatic hydroxyl groups is 1. The summed E-state index contributed by atoms with van der Waals surface area (Å²) < 4.78 is 1.36. The van der Waals surface area contributed by atoms with E-state index in [4.69, 9.17) is 16.7 Å². The van der Waals surface area contributed by atoms with Crippen molar-refractivity contribution in [2.24, 2.45) is 0 Å². The number of nitrogens with one attached hydrogen (secondary N) is 1. The summed E-state index contributed by atoms with van der Waals surface area (Å²) in [7, 11) is 0. The van der Waals surface area contributed by atoms with Gasteiger partial charge >= 0.3 is 0 Å². The first kappa shape index (κ1) is 14.0. The molecule has 0 spiro atoms. The third-order valence-electron chi connectivity index (χ3n) is 2.38. The van der Waals surface area contributed by atoms with Gasteiger partial charge in [0.05, 0.1) is 18.5 Å². The molecule has 0 radical (unpaired) electrons. The maximum Gasteiger partial charge on any atom is 0.287 e. The largest absolute Gasteiger partial charge is 0.394 e. The van der Waals surface area contributed by atoms with Crippen molar-refractivity contribution in [3.8, 4) is 0 Å². The van der Waals surface area contributed by atoms with E-state index in [2.05, 4.69) is 10.4 Å². The van der Waals surface area contributed by atoms with Crippen LogP contribution in [0.25, 0.3) is 0 Å². The molecule has 0 aliphatic rings. The zero-order valence-electron chi connectivity index (χ0n) is 10.1. The molecule has 0 aliphatic carbocycles. The molecular weight excluding hydrogens is 242 g/mol. The maximum absolute atomic E-state index is 11.8. The Morgan fingerprint density at radius 1 is 1.65 bits per heavy atom. The Hall–Kier alpha value is -1.07. The monoisotopic (exact) mass is 259 g/mol. The molecule has 0 amide bonds. The second-order valence-electron chi connectivity index (χ2n) is 3.98. The summed E-state index contributed by atoms with van der Waals surface area (Å²) >= 11 is 5.96. The van der Waals surface area contributed by atoms with E-state index >= 15 is 0 Å². The van der Waals surface area contributed by atoms with Crippen molar-refractivity contribution in [3.63, 3.8) is 0 Å². The SMILES string of the molecule is CCCCn1ncc(NC(C)CO)c(Cl)c1=O. The van der Waals surface area contributed by atoms with Crippen molar-refractivity contribution in [1.82, 2.24) is 9.78 Å². The van der Waals surface area contributed by atoms with Gasteiger partial charge in [0.15, 0.2) is 0 Å². The normalized spacial score (nSPS) is 12.5. The minimum absolute atomic E-state index is 0.0325. The Bertz CT molecular complexity index is 420. The van der Waals surface area contributed by atoms with Gasteiger partial charge in [0, 0.05) is 12.6 Å². The van der Waals surface area contributed by atoms with Gasteiger partial charge in [0.25, 0.3) is 5.56 Å². The van der Waals surface area contributed by atoms with Crippen LogP contribution >= 0.6 is 11.6 Å². The van der Waals surface area contributed by atoms with Gasteiger partial charge < -0.3 is 10.4 Å². The summed E-state index contributed by atoms with van der Waals surface area (Å²) in [5.41, 5.74) is 0.168. The summed E-state index contributed by atoms with van der Waals surface area (Å²) in [6.07, 6.45) is 3.40. The fourth-order valence-corrected chi connectivity index (χ4v) is 1.54. The van der Waals surface area contributed by atoms with Crippen LogP contribution in [-0.4, -0.2) is 27.5 Å². The highest BCUT2D eigenvalue weighted by Gasteiger charge is 2.10. The Morgan fingerprint density at radius 2 is 2.35 bits per heavy atom. The molecule has 17 heavy (non-hydrogen) atoms. The first-order valence-corrected chi connectivity index (χ1v) is 6.11. The highest BCUT2D eigenvalue weighted by atomic mass is 35.5. The van der Waals surface area contributed by atoms with Gasteiger partial charge in [-0.15, -0.1) is 0 Å². The molecule has 0 aliphatic heterocycles. The van der Waals surface area contributed by atoms with Crippen LogP contribution in [0.4, 0.5) is 5.69 Å². The van der Waals surface area contributed by atoms with Gasteiger partial charge in [0.2, 0.25) is 0 Å². The predicted octanol–water partition coefficient (Wildman–Crippen LogP) is 1.49. The molecule has 96 valence electrons. The summed E-state index contributed by atoms with van der Waals surface area (Å²) in [6.45, 7) is 4.38. The van der Waals surface area contributed by atoms with Crippen LogP contribution < -0.4 is 10.9 Å². The van der Waals surface area contributed by atoms with Crippen LogP contribution in [0, 0.1) is 0 Å². The Labute approximate surface area is 105 Å². The van der Waals surface area contributed by atoms with E-state index in [1.165, 1.54) is 10.9 Å². The molecule has 1 atom stereocenters. The minimum atomic E-state index is -0.296. The van der Waals surface area contributed by atoms with E-state index in [0.29, 0.717) is 12.2 Å². The first-order chi connectivity index (χ1) is 8.10. The van der Waals surface area contributed by atoms with Crippen molar-refractivity contribution < 1.29 is 5.11 Å². The van der Waals surface area contributed by atoms with Crippen molar-refractivity contribution >= 4 is 17.3 Å². The predicted molar refractivity (Wildman–Crippen MR) is 68.6 cm³/mol. The zero-order chi connectivity index (χ0) is 12.8. The average Bonchev–Trinajstić information content (AvgIpc) is 2.34. The maximum atomic E-state index is 11.8. The molecule has 1 aromatic rings. The fraction of sp³-hybridized carbons (Fsp3) is 0.636. The zero-order valence-corrected chi connectivity index (χ0v) is 10.9. The molecule has 0 bridgehead atoms. The number of halogens is 1.